The van der Waals surface area contributed by atoms with Crippen LogP contribution in [0.15, 0.2) is 77.7 Å². The van der Waals surface area contributed by atoms with Gasteiger partial charge in [0.15, 0.2) is 0 Å². The molecule has 0 aliphatic carbocycles. The quantitative estimate of drug-likeness (QED) is 0.581. The number of carbonyl (C=O) groups excluding carboxylic acids is 1. The highest BCUT2D eigenvalue weighted by atomic mass is 35.5. The number of hydrogen-bond donors (Lipinski definition) is 1. The van der Waals surface area contributed by atoms with Gasteiger partial charge in [0.05, 0.1) is 27.2 Å². The second kappa shape index (κ2) is 8.97. The topological polar surface area (TPSA) is 66.5 Å². The molecule has 3 rings (SSSR count). The Morgan fingerprint density at radius 1 is 0.862 bits per heavy atom. The Morgan fingerprint density at radius 2 is 1.41 bits per heavy atom. The summed E-state index contributed by atoms with van der Waals surface area (Å²) in [6, 6.07) is 21.0. The molecule has 0 aliphatic rings. The molecule has 3 aromatic carbocycles. The van der Waals surface area contributed by atoms with Gasteiger partial charge in [-0.3, -0.25) is 4.79 Å². The molecule has 1 amide bonds. The Labute approximate surface area is 179 Å². The maximum Gasteiger partial charge on any atom is 0.243 e. The van der Waals surface area contributed by atoms with Gasteiger partial charge in [0.1, 0.15) is 0 Å². The van der Waals surface area contributed by atoms with Gasteiger partial charge in [-0.25, -0.2) is 8.42 Å². The standard InChI is InChI=1S/C21H18Cl2N2O3S/c1-25(14-20(26)24-21-18(22)8-5-9-19(21)23)29(27,28)17-12-10-16(11-13-17)15-6-3-2-4-7-15/h2-13H,14H2,1H3,(H,24,26). The normalized spacial score (nSPS) is 11.4. The van der Waals surface area contributed by atoms with Crippen LogP contribution in [-0.2, 0) is 14.8 Å². The number of likely N-dealkylation sites (N-methyl/N-ethyl adjacent to an activating group) is 1. The zero-order valence-corrected chi connectivity index (χ0v) is 17.8. The number of rotatable bonds is 6. The van der Waals surface area contributed by atoms with Crippen molar-refractivity contribution in [3.8, 4) is 11.1 Å². The smallest absolute Gasteiger partial charge is 0.243 e. The number of hydrogen-bond acceptors (Lipinski definition) is 3. The molecule has 0 atom stereocenters. The van der Waals surface area contributed by atoms with E-state index in [-0.39, 0.29) is 27.2 Å². The molecule has 0 fully saturated rings. The van der Waals surface area contributed by atoms with Crippen molar-refractivity contribution in [2.75, 3.05) is 18.9 Å². The highest BCUT2D eigenvalue weighted by Crippen LogP contribution is 2.30. The molecule has 29 heavy (non-hydrogen) atoms. The molecule has 0 bridgehead atoms. The van der Waals surface area contributed by atoms with Gasteiger partial charge in [0.2, 0.25) is 15.9 Å². The zero-order valence-electron chi connectivity index (χ0n) is 15.5. The van der Waals surface area contributed by atoms with Crippen molar-refractivity contribution < 1.29 is 13.2 Å². The first kappa shape index (κ1) is 21.3. The van der Waals surface area contributed by atoms with Crippen molar-refractivity contribution in [2.45, 2.75) is 4.90 Å². The van der Waals surface area contributed by atoms with Crippen LogP contribution >= 0.6 is 23.2 Å². The van der Waals surface area contributed by atoms with E-state index in [0.29, 0.717) is 0 Å². The summed E-state index contributed by atoms with van der Waals surface area (Å²) in [7, 11) is -2.50. The van der Waals surface area contributed by atoms with Crippen LogP contribution in [-0.4, -0.2) is 32.2 Å². The van der Waals surface area contributed by atoms with Gasteiger partial charge in [-0.1, -0.05) is 71.7 Å². The lowest BCUT2D eigenvalue weighted by atomic mass is 10.1. The SMILES string of the molecule is CN(CC(=O)Nc1c(Cl)cccc1Cl)S(=O)(=O)c1ccc(-c2ccccc2)cc1. The largest absolute Gasteiger partial charge is 0.322 e. The van der Waals surface area contributed by atoms with Crippen LogP contribution in [0.25, 0.3) is 11.1 Å². The van der Waals surface area contributed by atoms with Gasteiger partial charge in [0.25, 0.3) is 0 Å². The van der Waals surface area contributed by atoms with E-state index in [0.717, 1.165) is 15.4 Å². The minimum absolute atomic E-state index is 0.100. The van der Waals surface area contributed by atoms with E-state index in [1.54, 1.807) is 30.3 Å². The predicted molar refractivity (Wildman–Crippen MR) is 117 cm³/mol. The maximum absolute atomic E-state index is 12.8. The maximum atomic E-state index is 12.8. The lowest BCUT2D eigenvalue weighted by molar-refractivity contribution is -0.116. The number of sulfonamides is 1. The van der Waals surface area contributed by atoms with Crippen molar-refractivity contribution >= 4 is 44.8 Å². The summed E-state index contributed by atoms with van der Waals surface area (Å²) in [5.41, 5.74) is 2.14. The van der Waals surface area contributed by atoms with Crippen LogP contribution in [0.5, 0.6) is 0 Å². The highest BCUT2D eigenvalue weighted by Gasteiger charge is 2.23. The Kier molecular flexibility index (Phi) is 6.59. The predicted octanol–water partition coefficient (Wildman–Crippen LogP) is 4.92. The van der Waals surface area contributed by atoms with Crippen molar-refractivity contribution in [1.82, 2.24) is 4.31 Å². The van der Waals surface area contributed by atoms with Crippen LogP contribution in [0.1, 0.15) is 0 Å². The van der Waals surface area contributed by atoms with Crippen LogP contribution < -0.4 is 5.32 Å². The number of amides is 1. The molecule has 0 saturated heterocycles. The molecule has 5 nitrogen and oxygen atoms in total. The molecule has 0 spiro atoms. The van der Waals surface area contributed by atoms with Gasteiger partial charge in [-0.15, -0.1) is 0 Å². The van der Waals surface area contributed by atoms with E-state index in [9.17, 15) is 13.2 Å². The second-order valence-electron chi connectivity index (χ2n) is 6.30. The summed E-state index contributed by atoms with van der Waals surface area (Å²) in [6.45, 7) is -0.385. The summed E-state index contributed by atoms with van der Waals surface area (Å²) in [5, 5.41) is 3.10. The first-order chi connectivity index (χ1) is 13.8. The van der Waals surface area contributed by atoms with E-state index < -0.39 is 15.9 Å². The summed E-state index contributed by atoms with van der Waals surface area (Å²) in [5.74, 6) is -0.549. The number of halogens is 2. The summed E-state index contributed by atoms with van der Waals surface area (Å²) < 4.78 is 26.6. The average molecular weight is 449 g/mol. The van der Waals surface area contributed by atoms with E-state index in [1.165, 1.54) is 19.2 Å². The Hall–Kier alpha value is -2.38. The summed E-state index contributed by atoms with van der Waals surface area (Å²) >= 11 is 12.1. The Balaban J connectivity index is 1.72. The number of carbonyl (C=O) groups is 1. The van der Waals surface area contributed by atoms with Crippen molar-refractivity contribution in [2.24, 2.45) is 0 Å². The zero-order chi connectivity index (χ0) is 21.0. The second-order valence-corrected chi connectivity index (χ2v) is 9.16. The highest BCUT2D eigenvalue weighted by molar-refractivity contribution is 7.89. The lowest BCUT2D eigenvalue weighted by Crippen LogP contribution is -2.35. The number of para-hydroxylation sites is 1. The molecule has 150 valence electrons. The van der Waals surface area contributed by atoms with Gasteiger partial charge in [-0.2, -0.15) is 4.31 Å². The van der Waals surface area contributed by atoms with Gasteiger partial charge in [-0.05, 0) is 35.4 Å². The molecule has 0 radical (unpaired) electrons. The number of anilines is 1. The van der Waals surface area contributed by atoms with Crippen LogP contribution in [0.2, 0.25) is 10.0 Å². The molecule has 0 heterocycles. The third kappa shape index (κ3) is 4.97. The summed E-state index contributed by atoms with van der Waals surface area (Å²) in [6.07, 6.45) is 0. The molecule has 0 aliphatic heterocycles. The first-order valence-electron chi connectivity index (χ1n) is 8.65. The number of nitrogens with zero attached hydrogens (tertiary/aromatic N) is 1. The molecule has 0 aromatic heterocycles. The van der Waals surface area contributed by atoms with Gasteiger partial charge >= 0.3 is 0 Å². The molecule has 0 saturated carbocycles. The van der Waals surface area contributed by atoms with E-state index >= 15 is 0 Å². The average Bonchev–Trinajstić information content (AvgIpc) is 2.71. The molecule has 0 unspecified atom stereocenters. The minimum Gasteiger partial charge on any atom is -0.322 e. The van der Waals surface area contributed by atoms with E-state index in [4.69, 9.17) is 23.2 Å². The van der Waals surface area contributed by atoms with E-state index in [2.05, 4.69) is 5.32 Å². The fraction of sp³-hybridized carbons (Fsp3) is 0.0952. The first-order valence-corrected chi connectivity index (χ1v) is 10.8. The van der Waals surface area contributed by atoms with Crippen LogP contribution in [0, 0.1) is 0 Å². The van der Waals surface area contributed by atoms with Crippen molar-refractivity contribution in [3.63, 3.8) is 0 Å². The lowest BCUT2D eigenvalue weighted by Gasteiger charge is -2.18. The van der Waals surface area contributed by atoms with E-state index in [1.807, 2.05) is 30.3 Å². The molecule has 1 N–H and O–H groups in total. The van der Waals surface area contributed by atoms with Crippen LogP contribution in [0.4, 0.5) is 5.69 Å². The van der Waals surface area contributed by atoms with Gasteiger partial charge < -0.3 is 5.32 Å². The monoisotopic (exact) mass is 448 g/mol. The molecular formula is C21H18Cl2N2O3S. The van der Waals surface area contributed by atoms with Crippen LogP contribution in [0.3, 0.4) is 0 Å². The summed E-state index contributed by atoms with van der Waals surface area (Å²) in [4.78, 5) is 12.4. The Morgan fingerprint density at radius 3 is 2.00 bits per heavy atom. The third-order valence-electron chi connectivity index (χ3n) is 4.26. The number of nitrogens with one attached hydrogen (secondary N) is 1. The molecular weight excluding hydrogens is 431 g/mol. The van der Waals surface area contributed by atoms with Crippen molar-refractivity contribution in [3.05, 3.63) is 82.8 Å². The van der Waals surface area contributed by atoms with Gasteiger partial charge in [0, 0.05) is 7.05 Å². The third-order valence-corrected chi connectivity index (χ3v) is 6.71. The number of benzene rings is 3. The molecule has 8 heteroatoms. The Bertz CT molecular complexity index is 1100. The van der Waals surface area contributed by atoms with Crippen molar-refractivity contribution in [1.29, 1.82) is 0 Å². The fourth-order valence-electron chi connectivity index (χ4n) is 2.71. The fourth-order valence-corrected chi connectivity index (χ4v) is 4.33. The minimum atomic E-state index is -3.84. The molecule has 3 aromatic rings.